The lowest BCUT2D eigenvalue weighted by atomic mass is 10.1. The van der Waals surface area contributed by atoms with Gasteiger partial charge in [0.25, 0.3) is 0 Å². The number of benzene rings is 2. The van der Waals surface area contributed by atoms with Crippen molar-refractivity contribution in [1.29, 1.82) is 0 Å². The molecule has 0 saturated heterocycles. The molecule has 2 N–H and O–H groups in total. The minimum absolute atomic E-state index is 0.0859. The van der Waals surface area contributed by atoms with E-state index in [1.807, 2.05) is 45.0 Å². The standard InChI is InChI=1S/C19H18ClN5O2/c1-11-4-5-13(3)16(8-11)24-19-17(25(26)27)18(21-10-22-19)23-14-7-6-12(2)15(20)9-14/h4-10H,1-3H3,(H2,21,22,23,24). The summed E-state index contributed by atoms with van der Waals surface area (Å²) in [6.45, 7) is 5.75. The molecule has 0 fully saturated rings. The van der Waals surface area contributed by atoms with E-state index in [9.17, 15) is 10.1 Å². The van der Waals surface area contributed by atoms with Crippen LogP contribution >= 0.6 is 11.6 Å². The molecule has 0 amide bonds. The summed E-state index contributed by atoms with van der Waals surface area (Å²) >= 11 is 6.13. The molecule has 0 spiro atoms. The van der Waals surface area contributed by atoms with E-state index in [1.165, 1.54) is 6.33 Å². The number of rotatable bonds is 5. The third-order valence-corrected chi connectivity index (χ3v) is 4.49. The van der Waals surface area contributed by atoms with Crippen LogP contribution in [-0.2, 0) is 0 Å². The van der Waals surface area contributed by atoms with Gasteiger partial charge in [-0.3, -0.25) is 10.1 Å². The van der Waals surface area contributed by atoms with Gasteiger partial charge in [-0.1, -0.05) is 29.8 Å². The number of nitrogens with zero attached hydrogens (tertiary/aromatic N) is 3. The summed E-state index contributed by atoms with van der Waals surface area (Å²) in [5.41, 5.74) is 4.01. The molecular weight excluding hydrogens is 366 g/mol. The van der Waals surface area contributed by atoms with Crippen LogP contribution in [-0.4, -0.2) is 14.9 Å². The van der Waals surface area contributed by atoms with Crippen molar-refractivity contribution in [2.24, 2.45) is 0 Å². The van der Waals surface area contributed by atoms with Gasteiger partial charge in [0, 0.05) is 16.4 Å². The van der Waals surface area contributed by atoms with Gasteiger partial charge in [0.2, 0.25) is 11.6 Å². The van der Waals surface area contributed by atoms with Gasteiger partial charge in [0.15, 0.2) is 0 Å². The lowest BCUT2D eigenvalue weighted by Gasteiger charge is -2.12. The second-order valence-electron chi connectivity index (χ2n) is 6.21. The van der Waals surface area contributed by atoms with Gasteiger partial charge >= 0.3 is 5.69 Å². The number of halogens is 1. The maximum atomic E-state index is 11.7. The molecule has 1 aromatic heterocycles. The monoisotopic (exact) mass is 383 g/mol. The van der Waals surface area contributed by atoms with E-state index in [0.717, 1.165) is 22.4 Å². The zero-order valence-electron chi connectivity index (χ0n) is 15.1. The van der Waals surface area contributed by atoms with Gasteiger partial charge in [0.05, 0.1) is 4.92 Å². The Morgan fingerprint density at radius 1 is 0.963 bits per heavy atom. The van der Waals surface area contributed by atoms with Gasteiger partial charge in [-0.15, -0.1) is 0 Å². The van der Waals surface area contributed by atoms with Crippen LogP contribution in [0.4, 0.5) is 28.7 Å². The molecular formula is C19H18ClN5O2. The van der Waals surface area contributed by atoms with Crippen LogP contribution < -0.4 is 10.6 Å². The molecule has 0 bridgehead atoms. The van der Waals surface area contributed by atoms with Crippen molar-refractivity contribution in [3.8, 4) is 0 Å². The number of anilines is 4. The topological polar surface area (TPSA) is 93.0 Å². The van der Waals surface area contributed by atoms with Crippen LogP contribution in [0.15, 0.2) is 42.7 Å². The molecule has 27 heavy (non-hydrogen) atoms. The molecule has 0 aliphatic carbocycles. The first kappa shape index (κ1) is 18.6. The first-order valence-corrected chi connectivity index (χ1v) is 8.60. The van der Waals surface area contributed by atoms with Gasteiger partial charge in [-0.25, -0.2) is 9.97 Å². The molecule has 8 heteroatoms. The van der Waals surface area contributed by atoms with Crippen molar-refractivity contribution in [2.45, 2.75) is 20.8 Å². The van der Waals surface area contributed by atoms with E-state index in [2.05, 4.69) is 20.6 Å². The van der Waals surface area contributed by atoms with Crippen molar-refractivity contribution in [1.82, 2.24) is 9.97 Å². The van der Waals surface area contributed by atoms with Crippen LogP contribution in [0.2, 0.25) is 5.02 Å². The average Bonchev–Trinajstić information content (AvgIpc) is 2.61. The van der Waals surface area contributed by atoms with Crippen molar-refractivity contribution in [3.63, 3.8) is 0 Å². The number of nitro groups is 1. The predicted octanol–water partition coefficient (Wildman–Crippen LogP) is 5.45. The Morgan fingerprint density at radius 3 is 2.30 bits per heavy atom. The van der Waals surface area contributed by atoms with Gasteiger partial charge in [-0.05, 0) is 55.7 Å². The van der Waals surface area contributed by atoms with Crippen LogP contribution in [0.25, 0.3) is 0 Å². The second-order valence-corrected chi connectivity index (χ2v) is 6.62. The number of aromatic nitrogens is 2. The Balaban J connectivity index is 2.00. The first-order valence-electron chi connectivity index (χ1n) is 8.22. The Hall–Kier alpha value is -3.19. The largest absolute Gasteiger partial charge is 0.353 e. The highest BCUT2D eigenvalue weighted by atomic mass is 35.5. The summed E-state index contributed by atoms with van der Waals surface area (Å²) in [5, 5.41) is 18.3. The molecule has 0 atom stereocenters. The van der Waals surface area contributed by atoms with E-state index in [1.54, 1.807) is 12.1 Å². The zero-order valence-corrected chi connectivity index (χ0v) is 15.8. The van der Waals surface area contributed by atoms with Crippen molar-refractivity contribution >= 4 is 40.3 Å². The number of hydrogen-bond donors (Lipinski definition) is 2. The van der Waals surface area contributed by atoms with E-state index in [4.69, 9.17) is 11.6 Å². The normalized spacial score (nSPS) is 10.5. The molecule has 7 nitrogen and oxygen atoms in total. The molecule has 0 aliphatic heterocycles. The summed E-state index contributed by atoms with van der Waals surface area (Å²) in [4.78, 5) is 19.3. The minimum Gasteiger partial charge on any atom is -0.334 e. The Bertz CT molecular complexity index is 1020. The third kappa shape index (κ3) is 4.15. The summed E-state index contributed by atoms with van der Waals surface area (Å²) in [6.07, 6.45) is 1.28. The molecule has 138 valence electrons. The maximum Gasteiger partial charge on any atom is 0.353 e. The SMILES string of the molecule is Cc1ccc(C)c(Nc2ncnc(Nc3ccc(C)c(Cl)c3)c2[N+](=O)[O-])c1. The van der Waals surface area contributed by atoms with Crippen LogP contribution in [0.1, 0.15) is 16.7 Å². The fourth-order valence-corrected chi connectivity index (χ4v) is 2.72. The highest BCUT2D eigenvalue weighted by Gasteiger charge is 2.23. The maximum absolute atomic E-state index is 11.7. The van der Waals surface area contributed by atoms with Gasteiger partial charge < -0.3 is 10.6 Å². The molecule has 2 aromatic carbocycles. The van der Waals surface area contributed by atoms with E-state index in [-0.39, 0.29) is 17.3 Å². The van der Waals surface area contributed by atoms with Crippen molar-refractivity contribution in [3.05, 3.63) is 74.6 Å². The summed E-state index contributed by atoms with van der Waals surface area (Å²) in [5.74, 6) is 0.201. The number of aryl methyl sites for hydroxylation is 3. The third-order valence-electron chi connectivity index (χ3n) is 4.09. The van der Waals surface area contributed by atoms with Crippen molar-refractivity contribution < 1.29 is 4.92 Å². The molecule has 0 aliphatic rings. The van der Waals surface area contributed by atoms with Gasteiger partial charge in [0.1, 0.15) is 6.33 Å². The average molecular weight is 384 g/mol. The van der Waals surface area contributed by atoms with Crippen molar-refractivity contribution in [2.75, 3.05) is 10.6 Å². The van der Waals surface area contributed by atoms with E-state index < -0.39 is 4.92 Å². The zero-order chi connectivity index (χ0) is 19.6. The molecule has 0 saturated carbocycles. The lowest BCUT2D eigenvalue weighted by molar-refractivity contribution is -0.383. The Kier molecular flexibility index (Phi) is 5.23. The molecule has 0 unspecified atom stereocenters. The fourth-order valence-electron chi connectivity index (χ4n) is 2.54. The smallest absolute Gasteiger partial charge is 0.334 e. The van der Waals surface area contributed by atoms with Gasteiger partial charge in [-0.2, -0.15) is 0 Å². The highest BCUT2D eigenvalue weighted by molar-refractivity contribution is 6.31. The highest BCUT2D eigenvalue weighted by Crippen LogP contribution is 2.34. The van der Waals surface area contributed by atoms with Crippen LogP contribution in [0.3, 0.4) is 0 Å². The predicted molar refractivity (Wildman–Crippen MR) is 107 cm³/mol. The Labute approximate surface area is 161 Å². The molecule has 0 radical (unpaired) electrons. The molecule has 3 aromatic rings. The molecule has 1 heterocycles. The fraction of sp³-hybridized carbons (Fsp3) is 0.158. The minimum atomic E-state index is -0.508. The van der Waals surface area contributed by atoms with E-state index in [0.29, 0.717) is 10.7 Å². The summed E-state index contributed by atoms with van der Waals surface area (Å²) in [6, 6.07) is 11.1. The summed E-state index contributed by atoms with van der Waals surface area (Å²) < 4.78 is 0. The quantitative estimate of drug-likeness (QED) is 0.449. The van der Waals surface area contributed by atoms with Crippen LogP contribution in [0, 0.1) is 30.9 Å². The Morgan fingerprint density at radius 2 is 1.63 bits per heavy atom. The number of hydrogen-bond acceptors (Lipinski definition) is 6. The second kappa shape index (κ2) is 7.59. The molecule has 3 rings (SSSR count). The first-order chi connectivity index (χ1) is 12.8. The lowest BCUT2D eigenvalue weighted by Crippen LogP contribution is -2.06. The number of nitrogens with one attached hydrogen (secondary N) is 2. The van der Waals surface area contributed by atoms with Crippen LogP contribution in [0.5, 0.6) is 0 Å². The van der Waals surface area contributed by atoms with E-state index >= 15 is 0 Å². The summed E-state index contributed by atoms with van der Waals surface area (Å²) in [7, 11) is 0.